The van der Waals surface area contributed by atoms with Crippen LogP contribution in [0.4, 0.5) is 5.13 Å². The number of anilines is 1. The lowest BCUT2D eigenvalue weighted by Crippen LogP contribution is -2.71. The number of hydrogen-bond acceptors (Lipinski definition) is 12. The zero-order valence-corrected chi connectivity index (χ0v) is 25.5. The minimum atomic E-state index is -1.04. The van der Waals surface area contributed by atoms with Crippen LogP contribution in [0, 0.1) is 6.92 Å². The fourth-order valence-electron chi connectivity index (χ4n) is 5.32. The standard InChI is InChI=1S/C31H25N5O7S2/c1-15-20(25(38)24(15)37)18-13-44-29-22(34-27(39)21(35-42-2)19-14-45-31(32)33-19)28(40)36(29)23(18)30(41)43-26(16-9-5-3-6-10-16)17-11-7-4-8-12-17/h3-12,14,22,26,29H,13H2,1-2H3,(H2,32,33)(H,34,39)/b35-21-. The summed E-state index contributed by atoms with van der Waals surface area (Å²) in [6.07, 6.45) is -0.833. The number of rotatable bonds is 9. The van der Waals surface area contributed by atoms with Crippen molar-refractivity contribution in [1.82, 2.24) is 15.2 Å². The van der Waals surface area contributed by atoms with Crippen LogP contribution < -0.4 is 21.9 Å². The molecule has 2 amide bonds. The number of nitrogens with one attached hydrogen (secondary N) is 1. The Morgan fingerprint density at radius 1 is 1.04 bits per heavy atom. The molecule has 228 valence electrons. The van der Waals surface area contributed by atoms with Gasteiger partial charge >= 0.3 is 5.97 Å². The topological polar surface area (TPSA) is 170 Å². The number of ether oxygens (including phenoxy) is 1. The molecule has 3 aromatic carbocycles. The van der Waals surface area contributed by atoms with Gasteiger partial charge in [-0.3, -0.25) is 24.1 Å². The molecule has 2 atom stereocenters. The highest BCUT2D eigenvalue weighted by Gasteiger charge is 2.55. The molecule has 0 aliphatic carbocycles. The molecular formula is C31H25N5O7S2. The van der Waals surface area contributed by atoms with Gasteiger partial charge in [0, 0.05) is 27.8 Å². The Hall–Kier alpha value is -5.08. The van der Waals surface area contributed by atoms with E-state index in [1.807, 2.05) is 60.7 Å². The van der Waals surface area contributed by atoms with Crippen LogP contribution in [0.1, 0.15) is 34.1 Å². The molecule has 3 N–H and O–H groups in total. The van der Waals surface area contributed by atoms with Crippen LogP contribution >= 0.6 is 23.1 Å². The van der Waals surface area contributed by atoms with Crippen LogP contribution in [0.15, 0.2) is 86.5 Å². The summed E-state index contributed by atoms with van der Waals surface area (Å²) in [4.78, 5) is 75.9. The summed E-state index contributed by atoms with van der Waals surface area (Å²) in [5.74, 6) is -2.07. The van der Waals surface area contributed by atoms with Gasteiger partial charge in [-0.05, 0) is 18.1 Å². The van der Waals surface area contributed by atoms with Crippen molar-refractivity contribution in [2.24, 2.45) is 5.16 Å². The summed E-state index contributed by atoms with van der Waals surface area (Å²) in [6.45, 7) is 1.51. The monoisotopic (exact) mass is 643 g/mol. The van der Waals surface area contributed by atoms with Crippen molar-refractivity contribution < 1.29 is 24.0 Å². The van der Waals surface area contributed by atoms with E-state index in [0.717, 1.165) is 11.3 Å². The molecule has 4 aromatic rings. The first kappa shape index (κ1) is 30.0. The number of aromatic nitrogens is 1. The number of nitrogens with zero attached hydrogens (tertiary/aromatic N) is 3. The minimum Gasteiger partial charge on any atom is -0.448 e. The maximum Gasteiger partial charge on any atom is 0.356 e. The van der Waals surface area contributed by atoms with Crippen molar-refractivity contribution in [3.05, 3.63) is 120 Å². The van der Waals surface area contributed by atoms with E-state index in [-0.39, 0.29) is 44.7 Å². The Kier molecular flexibility index (Phi) is 8.08. The summed E-state index contributed by atoms with van der Waals surface area (Å²) in [5.41, 5.74) is 6.13. The van der Waals surface area contributed by atoms with Gasteiger partial charge < -0.3 is 20.6 Å². The summed E-state index contributed by atoms with van der Waals surface area (Å²) < 4.78 is 6.10. The quantitative estimate of drug-likeness (QED) is 0.0906. The lowest BCUT2D eigenvalue weighted by atomic mass is 9.92. The maximum absolute atomic E-state index is 14.1. The molecule has 2 aliphatic rings. The van der Waals surface area contributed by atoms with Gasteiger partial charge in [0.25, 0.3) is 11.8 Å². The number of carbonyl (C=O) groups excluding carboxylic acids is 3. The molecule has 1 fully saturated rings. The van der Waals surface area contributed by atoms with Crippen LogP contribution in [0.2, 0.25) is 0 Å². The number of nitrogen functional groups attached to an aromatic ring is 1. The number of benzene rings is 2. The summed E-state index contributed by atoms with van der Waals surface area (Å²) in [7, 11) is 1.27. The largest absolute Gasteiger partial charge is 0.448 e. The van der Waals surface area contributed by atoms with Gasteiger partial charge in [-0.1, -0.05) is 65.8 Å². The predicted octanol–water partition coefficient (Wildman–Crippen LogP) is 2.12. The number of thioether (sulfide) groups is 1. The maximum atomic E-state index is 14.1. The molecule has 1 aromatic heterocycles. The van der Waals surface area contributed by atoms with E-state index in [1.54, 1.807) is 0 Å². The first-order chi connectivity index (χ1) is 21.7. The molecular weight excluding hydrogens is 619 g/mol. The van der Waals surface area contributed by atoms with Crippen LogP contribution in [-0.2, 0) is 24.0 Å². The van der Waals surface area contributed by atoms with Crippen LogP contribution in [-0.4, -0.2) is 57.7 Å². The van der Waals surface area contributed by atoms with Gasteiger partial charge in [-0.2, -0.15) is 0 Å². The predicted molar refractivity (Wildman–Crippen MR) is 169 cm³/mol. The zero-order valence-electron chi connectivity index (χ0n) is 23.9. The van der Waals surface area contributed by atoms with E-state index in [2.05, 4.69) is 15.5 Å². The van der Waals surface area contributed by atoms with E-state index in [4.69, 9.17) is 15.3 Å². The molecule has 0 radical (unpaired) electrons. The van der Waals surface area contributed by atoms with E-state index < -0.39 is 46.2 Å². The number of thiazole rings is 1. The van der Waals surface area contributed by atoms with Crippen molar-refractivity contribution in [3.8, 4) is 0 Å². The Bertz CT molecular complexity index is 1910. The third kappa shape index (κ3) is 5.31. The van der Waals surface area contributed by atoms with E-state index in [1.165, 1.54) is 36.1 Å². The smallest absolute Gasteiger partial charge is 0.356 e. The second-order valence-corrected chi connectivity index (χ2v) is 12.1. The third-order valence-electron chi connectivity index (χ3n) is 7.49. The molecule has 0 bridgehead atoms. The van der Waals surface area contributed by atoms with E-state index in [9.17, 15) is 24.0 Å². The fourth-order valence-corrected chi connectivity index (χ4v) is 7.22. The minimum absolute atomic E-state index is 0.102. The lowest BCUT2D eigenvalue weighted by Gasteiger charge is -2.50. The van der Waals surface area contributed by atoms with Gasteiger partial charge in [0.15, 0.2) is 16.9 Å². The number of carbonyl (C=O) groups is 3. The molecule has 45 heavy (non-hydrogen) atoms. The number of β-lactam (4-membered cyclic amide) rings is 1. The molecule has 12 nitrogen and oxygen atoms in total. The van der Waals surface area contributed by atoms with Gasteiger partial charge in [-0.15, -0.1) is 23.1 Å². The summed E-state index contributed by atoms with van der Waals surface area (Å²) in [6, 6.07) is 17.2. The van der Waals surface area contributed by atoms with Crippen molar-refractivity contribution in [2.75, 3.05) is 18.6 Å². The average molecular weight is 644 g/mol. The Morgan fingerprint density at radius 2 is 1.69 bits per heavy atom. The highest BCUT2D eigenvalue weighted by Crippen LogP contribution is 2.44. The molecule has 1 saturated heterocycles. The Labute approximate surface area is 264 Å². The molecule has 0 saturated carbocycles. The molecule has 2 unspecified atom stereocenters. The molecule has 2 aliphatic heterocycles. The van der Waals surface area contributed by atoms with Crippen molar-refractivity contribution in [1.29, 1.82) is 0 Å². The number of esters is 1. The third-order valence-corrected chi connectivity index (χ3v) is 9.44. The van der Waals surface area contributed by atoms with Gasteiger partial charge in [0.1, 0.15) is 29.9 Å². The molecule has 14 heteroatoms. The van der Waals surface area contributed by atoms with Gasteiger partial charge in [-0.25, -0.2) is 9.78 Å². The number of fused-ring (bicyclic) bond motifs is 1. The Balaban J connectivity index is 1.34. The second kappa shape index (κ2) is 12.1. The second-order valence-electron chi connectivity index (χ2n) is 10.1. The SMILES string of the molecule is CO/N=C(\C(=O)NC1C(=O)N2C(C(=O)OC(c3ccccc3)c3ccccc3)=C(c3c(C)c(=O)c3=O)CSC12)c1csc(N)n1. The summed E-state index contributed by atoms with van der Waals surface area (Å²) in [5, 5.41) is 7.46. The summed E-state index contributed by atoms with van der Waals surface area (Å²) >= 11 is 2.34. The van der Waals surface area contributed by atoms with Crippen molar-refractivity contribution in [2.45, 2.75) is 24.4 Å². The number of hydrogen-bond donors (Lipinski definition) is 2. The first-order valence-corrected chi connectivity index (χ1v) is 15.6. The average Bonchev–Trinajstić information content (AvgIpc) is 3.50. The van der Waals surface area contributed by atoms with Crippen molar-refractivity contribution >= 4 is 57.3 Å². The molecule has 6 rings (SSSR count). The van der Waals surface area contributed by atoms with E-state index in [0.29, 0.717) is 11.1 Å². The number of amides is 2. The van der Waals surface area contributed by atoms with Crippen LogP contribution in [0.3, 0.4) is 0 Å². The Morgan fingerprint density at radius 3 is 2.24 bits per heavy atom. The highest BCUT2D eigenvalue weighted by atomic mass is 32.2. The fraction of sp³-hybridized carbons (Fsp3) is 0.194. The molecule has 0 spiro atoms. The number of oxime groups is 1. The van der Waals surface area contributed by atoms with Gasteiger partial charge in [0.2, 0.25) is 10.9 Å². The van der Waals surface area contributed by atoms with Crippen LogP contribution in [0.5, 0.6) is 0 Å². The zero-order chi connectivity index (χ0) is 31.8. The van der Waals surface area contributed by atoms with E-state index >= 15 is 0 Å². The van der Waals surface area contributed by atoms with Gasteiger partial charge in [0.05, 0.1) is 0 Å². The normalized spacial score (nSPS) is 18.1. The first-order valence-electron chi connectivity index (χ1n) is 13.6. The highest BCUT2D eigenvalue weighted by molar-refractivity contribution is 8.00. The number of nitrogens with two attached hydrogens (primary N) is 1. The van der Waals surface area contributed by atoms with Crippen LogP contribution in [0.25, 0.3) is 5.57 Å². The van der Waals surface area contributed by atoms with Crippen molar-refractivity contribution in [3.63, 3.8) is 0 Å². The molecule has 3 heterocycles. The lowest BCUT2D eigenvalue weighted by molar-refractivity contribution is -0.154.